The Morgan fingerprint density at radius 1 is 1.16 bits per heavy atom. The number of aromatic nitrogens is 1. The van der Waals surface area contributed by atoms with Gasteiger partial charge in [0.05, 0.1) is 29.6 Å². The lowest BCUT2D eigenvalue weighted by Crippen LogP contribution is -2.56. The average Bonchev–Trinajstić information content (AvgIpc) is 3.67. The zero-order valence-corrected chi connectivity index (χ0v) is 25.9. The van der Waals surface area contributed by atoms with Gasteiger partial charge in [-0.05, 0) is 44.1 Å². The normalized spacial score (nSPS) is 18.3. The summed E-state index contributed by atoms with van der Waals surface area (Å²) in [7, 11) is -1.22. The van der Waals surface area contributed by atoms with Crippen LogP contribution >= 0.6 is 0 Å². The number of amides is 1. The van der Waals surface area contributed by atoms with Gasteiger partial charge in [-0.15, -0.1) is 0 Å². The molecule has 14 heteroatoms. The number of nitrogens with two attached hydrogens (primary N) is 1. The number of sulfonamides is 1. The first-order valence-corrected chi connectivity index (χ1v) is 15.6. The molecule has 0 bridgehead atoms. The van der Waals surface area contributed by atoms with Gasteiger partial charge in [0.15, 0.2) is 0 Å². The second-order valence-electron chi connectivity index (χ2n) is 11.3. The van der Waals surface area contributed by atoms with E-state index in [2.05, 4.69) is 11.9 Å². The van der Waals surface area contributed by atoms with Gasteiger partial charge >= 0.3 is 12.1 Å². The maximum atomic E-state index is 14.2. The van der Waals surface area contributed by atoms with Crippen LogP contribution in [0.5, 0.6) is 0 Å². The molecule has 9 nitrogen and oxygen atoms in total. The predicted molar refractivity (Wildman–Crippen MR) is 159 cm³/mol. The monoisotopic (exact) mass is 631 g/mol. The van der Waals surface area contributed by atoms with Crippen LogP contribution in [0.4, 0.5) is 34.9 Å². The molecule has 3 rings (SSSR count). The fraction of sp³-hybridized carbons (Fsp3) is 0.586. The first-order chi connectivity index (χ1) is 20.1. The van der Waals surface area contributed by atoms with E-state index in [1.807, 2.05) is 0 Å². The molecule has 1 aromatic carbocycles. The highest BCUT2D eigenvalue weighted by atomic mass is 32.2. The molecule has 2 N–H and O–H groups in total. The number of alkyl halides is 4. The summed E-state index contributed by atoms with van der Waals surface area (Å²) in [4.78, 5) is 19.9. The molecule has 0 radical (unpaired) electrons. The molecule has 43 heavy (non-hydrogen) atoms. The number of halogens is 4. The van der Waals surface area contributed by atoms with Crippen molar-refractivity contribution in [2.75, 3.05) is 54.6 Å². The maximum absolute atomic E-state index is 14.2. The summed E-state index contributed by atoms with van der Waals surface area (Å²) in [5, 5.41) is -0.873. The lowest BCUT2D eigenvalue weighted by molar-refractivity contribution is -0.171. The number of hydrogen-bond donors (Lipinski definition) is 1. The van der Waals surface area contributed by atoms with Crippen molar-refractivity contribution in [1.82, 2.24) is 4.98 Å². The van der Waals surface area contributed by atoms with E-state index >= 15 is 0 Å². The van der Waals surface area contributed by atoms with Gasteiger partial charge in [0.1, 0.15) is 18.3 Å². The Labute approximate surface area is 251 Å². The van der Waals surface area contributed by atoms with Crippen LogP contribution in [-0.2, 0) is 26.0 Å². The molecule has 0 unspecified atom stereocenters. The molecule has 0 aliphatic heterocycles. The standard InChI is InChI=1S/C29H41F4N5O4S/c1-19(2)43(40,41)36(4)26-15-23(16-27(35-26)37(11-12-42-5)18-22-13-20(22)3)38(28(39)29(31,32)33)25(24(34)17-30)14-21-9-7-6-8-10-21/h6-10,15-16,19-20,22,24-25H,11-14,17-18,34H2,1-5H3/t20-,22+,24-,25-/m0/s1. The van der Waals surface area contributed by atoms with Crippen LogP contribution in [-0.4, -0.2) is 83.3 Å². The minimum Gasteiger partial charge on any atom is -0.383 e. The highest BCUT2D eigenvalue weighted by Gasteiger charge is 2.47. The van der Waals surface area contributed by atoms with Gasteiger partial charge in [0.25, 0.3) is 0 Å². The molecule has 1 saturated carbocycles. The first-order valence-electron chi connectivity index (χ1n) is 14.1. The summed E-state index contributed by atoms with van der Waals surface area (Å²) in [6, 6.07) is 7.79. The fourth-order valence-electron chi connectivity index (χ4n) is 4.82. The van der Waals surface area contributed by atoms with E-state index in [1.165, 1.54) is 34.1 Å². The smallest absolute Gasteiger partial charge is 0.383 e. The van der Waals surface area contributed by atoms with Gasteiger partial charge in [0.2, 0.25) is 10.0 Å². The fourth-order valence-corrected chi connectivity index (χ4v) is 5.81. The van der Waals surface area contributed by atoms with Crippen molar-refractivity contribution < 1.29 is 35.5 Å². The minimum absolute atomic E-state index is 0.154. The van der Waals surface area contributed by atoms with Gasteiger partial charge < -0.3 is 15.4 Å². The van der Waals surface area contributed by atoms with E-state index in [-0.39, 0.29) is 30.4 Å². The molecule has 1 aliphatic rings. The Hall–Kier alpha value is -2.97. The number of carbonyl (C=O) groups is 1. The molecule has 1 fully saturated rings. The van der Waals surface area contributed by atoms with E-state index < -0.39 is 46.1 Å². The highest BCUT2D eigenvalue weighted by Crippen LogP contribution is 2.40. The summed E-state index contributed by atoms with van der Waals surface area (Å²) in [5.41, 5.74) is 6.29. The number of rotatable bonds is 15. The van der Waals surface area contributed by atoms with Crippen molar-refractivity contribution in [1.29, 1.82) is 0 Å². The molecular formula is C29H41F4N5O4S. The second-order valence-corrected chi connectivity index (χ2v) is 13.8. The Morgan fingerprint density at radius 3 is 2.28 bits per heavy atom. The number of carbonyl (C=O) groups excluding carboxylic acids is 1. The molecule has 1 heterocycles. The molecule has 4 atom stereocenters. The molecule has 1 amide bonds. The minimum atomic E-state index is -5.34. The zero-order valence-electron chi connectivity index (χ0n) is 25.1. The van der Waals surface area contributed by atoms with Crippen LogP contribution in [0.1, 0.15) is 32.8 Å². The van der Waals surface area contributed by atoms with Crippen LogP contribution in [0.15, 0.2) is 42.5 Å². The Kier molecular flexibility index (Phi) is 11.4. The third-order valence-corrected chi connectivity index (χ3v) is 9.88. The number of ether oxygens (including phenoxy) is 1. The number of pyridine rings is 1. The largest absolute Gasteiger partial charge is 0.471 e. The topological polar surface area (TPSA) is 109 Å². The molecule has 240 valence electrons. The number of anilines is 3. The van der Waals surface area contributed by atoms with Crippen LogP contribution in [0.2, 0.25) is 0 Å². The van der Waals surface area contributed by atoms with Gasteiger partial charge in [-0.3, -0.25) is 14.0 Å². The van der Waals surface area contributed by atoms with Crippen LogP contribution < -0.4 is 19.8 Å². The summed E-state index contributed by atoms with van der Waals surface area (Å²) >= 11 is 0. The average molecular weight is 632 g/mol. The molecular weight excluding hydrogens is 590 g/mol. The highest BCUT2D eigenvalue weighted by molar-refractivity contribution is 7.93. The van der Waals surface area contributed by atoms with Gasteiger partial charge in [0, 0.05) is 39.4 Å². The second kappa shape index (κ2) is 14.2. The van der Waals surface area contributed by atoms with Crippen molar-refractivity contribution in [2.45, 2.75) is 57.1 Å². The van der Waals surface area contributed by atoms with Crippen molar-refractivity contribution in [3.05, 3.63) is 48.0 Å². The molecule has 1 aromatic heterocycles. The van der Waals surface area contributed by atoms with Crippen molar-refractivity contribution in [3.8, 4) is 0 Å². The molecule has 2 aromatic rings. The van der Waals surface area contributed by atoms with E-state index in [4.69, 9.17) is 10.5 Å². The third kappa shape index (κ3) is 8.57. The van der Waals surface area contributed by atoms with Crippen LogP contribution in [0, 0.1) is 11.8 Å². The quantitative estimate of drug-likeness (QED) is 0.294. The van der Waals surface area contributed by atoms with E-state index in [0.717, 1.165) is 16.8 Å². The maximum Gasteiger partial charge on any atom is 0.471 e. The predicted octanol–water partition coefficient (Wildman–Crippen LogP) is 4.17. The lowest BCUT2D eigenvalue weighted by atomic mass is 9.98. The SMILES string of the molecule is COCCN(C[C@H]1C[C@@H]1C)c1cc(N(C(=O)C(F)(F)F)[C@@H](Cc2ccccc2)[C@@H](N)CF)cc(N(C)S(=O)(=O)C(C)C)n1. The Balaban J connectivity index is 2.28. The zero-order chi connectivity index (χ0) is 32.1. The molecule has 0 saturated heterocycles. The Bertz CT molecular complexity index is 1330. The van der Waals surface area contributed by atoms with Crippen LogP contribution in [0.25, 0.3) is 0 Å². The summed E-state index contributed by atoms with van der Waals surface area (Å²) in [5.74, 6) is -1.57. The van der Waals surface area contributed by atoms with Gasteiger partial charge in [-0.25, -0.2) is 17.8 Å². The number of benzene rings is 1. The van der Waals surface area contributed by atoms with Crippen LogP contribution in [0.3, 0.4) is 0 Å². The third-order valence-electron chi connectivity index (χ3n) is 7.73. The first kappa shape index (κ1) is 34.5. The van der Waals surface area contributed by atoms with Gasteiger partial charge in [-0.2, -0.15) is 13.2 Å². The van der Waals surface area contributed by atoms with E-state index in [1.54, 1.807) is 35.2 Å². The van der Waals surface area contributed by atoms with Crippen molar-refractivity contribution >= 4 is 33.3 Å². The summed E-state index contributed by atoms with van der Waals surface area (Å²) in [6.45, 7) is 4.86. The number of methoxy groups -OCH3 is 1. The van der Waals surface area contributed by atoms with Crippen molar-refractivity contribution in [2.24, 2.45) is 17.6 Å². The lowest BCUT2D eigenvalue weighted by Gasteiger charge is -2.36. The number of hydrogen-bond acceptors (Lipinski definition) is 7. The summed E-state index contributed by atoms with van der Waals surface area (Å²) < 4.78 is 89.1. The Morgan fingerprint density at radius 2 is 1.77 bits per heavy atom. The molecule has 1 aliphatic carbocycles. The van der Waals surface area contributed by atoms with Gasteiger partial charge in [-0.1, -0.05) is 37.3 Å². The van der Waals surface area contributed by atoms with E-state index in [9.17, 15) is 30.8 Å². The summed E-state index contributed by atoms with van der Waals surface area (Å²) in [6.07, 6.45) is -4.58. The number of nitrogens with zero attached hydrogens (tertiary/aromatic N) is 4. The molecule has 0 spiro atoms. The van der Waals surface area contributed by atoms with E-state index in [0.29, 0.717) is 35.4 Å². The van der Waals surface area contributed by atoms with Crippen molar-refractivity contribution in [3.63, 3.8) is 0 Å².